The molecule has 0 aliphatic rings. The molecular formula is C10H12O5S. The summed E-state index contributed by atoms with van der Waals surface area (Å²) in [5, 5.41) is 8.59. The van der Waals surface area contributed by atoms with E-state index in [4.69, 9.17) is 9.52 Å². The van der Waals surface area contributed by atoms with Crippen LogP contribution in [0.2, 0.25) is 0 Å². The van der Waals surface area contributed by atoms with E-state index in [9.17, 15) is 13.8 Å². The first-order valence-corrected chi connectivity index (χ1v) is 6.14. The number of carboxylic acids is 1. The number of aromatic carboxylic acids is 1. The molecule has 1 rings (SSSR count). The van der Waals surface area contributed by atoms with E-state index >= 15 is 0 Å². The highest BCUT2D eigenvalue weighted by Gasteiger charge is 2.11. The van der Waals surface area contributed by atoms with Gasteiger partial charge < -0.3 is 9.52 Å². The summed E-state index contributed by atoms with van der Waals surface area (Å²) in [6.45, 7) is 1.44. The normalized spacial score (nSPS) is 12.3. The van der Waals surface area contributed by atoms with Crippen molar-refractivity contribution in [1.82, 2.24) is 0 Å². The maximum atomic E-state index is 11.4. The Balaban J connectivity index is 2.49. The van der Waals surface area contributed by atoms with E-state index in [2.05, 4.69) is 0 Å². The lowest BCUT2D eigenvalue weighted by Gasteiger charge is -1.97. The Morgan fingerprint density at radius 3 is 2.62 bits per heavy atom. The number of rotatable bonds is 6. The Bertz CT molecular complexity index is 421. The maximum absolute atomic E-state index is 11.4. The van der Waals surface area contributed by atoms with Gasteiger partial charge >= 0.3 is 5.97 Å². The zero-order valence-electron chi connectivity index (χ0n) is 8.76. The van der Waals surface area contributed by atoms with Crippen molar-refractivity contribution in [2.24, 2.45) is 0 Å². The van der Waals surface area contributed by atoms with Gasteiger partial charge in [0.25, 0.3) is 0 Å². The molecule has 1 N–H and O–H groups in total. The maximum Gasteiger partial charge on any atom is 0.371 e. The van der Waals surface area contributed by atoms with Gasteiger partial charge in [-0.2, -0.15) is 0 Å². The van der Waals surface area contributed by atoms with Crippen LogP contribution in [0, 0.1) is 0 Å². The Hall–Kier alpha value is -1.43. The topological polar surface area (TPSA) is 84.6 Å². The molecule has 1 unspecified atom stereocenters. The fraction of sp³-hybridized carbons (Fsp3) is 0.400. The van der Waals surface area contributed by atoms with Gasteiger partial charge in [-0.1, -0.05) is 0 Å². The van der Waals surface area contributed by atoms with Gasteiger partial charge in [-0.25, -0.2) is 4.79 Å². The zero-order chi connectivity index (χ0) is 12.1. The molecule has 1 aromatic heterocycles. The Morgan fingerprint density at radius 2 is 2.12 bits per heavy atom. The highest BCUT2D eigenvalue weighted by Crippen LogP contribution is 2.10. The third kappa shape index (κ3) is 3.98. The molecule has 0 saturated carbocycles. The van der Waals surface area contributed by atoms with E-state index < -0.39 is 16.8 Å². The number of carboxylic acid groups (broad SMARTS) is 1. The zero-order valence-corrected chi connectivity index (χ0v) is 9.58. The summed E-state index contributed by atoms with van der Waals surface area (Å²) in [5.74, 6) is -0.559. The number of hydrogen-bond donors (Lipinski definition) is 1. The molecule has 0 saturated heterocycles. The van der Waals surface area contributed by atoms with Crippen LogP contribution in [0.4, 0.5) is 0 Å². The standard InChI is InChI=1S/C10H12O5S/c1-7(11)4-5-16(14)6-8-2-3-9(15-8)10(12)13/h2-3H,4-6H2,1H3,(H,12,13). The third-order valence-electron chi connectivity index (χ3n) is 1.86. The molecule has 1 atom stereocenters. The van der Waals surface area contributed by atoms with Gasteiger partial charge in [0.1, 0.15) is 11.5 Å². The van der Waals surface area contributed by atoms with Crippen molar-refractivity contribution >= 4 is 22.6 Å². The lowest BCUT2D eigenvalue weighted by molar-refractivity contribution is -0.116. The summed E-state index contributed by atoms with van der Waals surface area (Å²) in [5.41, 5.74) is 0. The Kier molecular flexibility index (Phi) is 4.42. The molecule has 0 aliphatic carbocycles. The molecule has 0 spiro atoms. The highest BCUT2D eigenvalue weighted by atomic mass is 32.2. The van der Waals surface area contributed by atoms with Gasteiger partial charge in [-0.05, 0) is 19.1 Å². The van der Waals surface area contributed by atoms with Crippen LogP contribution in [0.1, 0.15) is 29.7 Å². The molecule has 0 fully saturated rings. The molecule has 6 heteroatoms. The SMILES string of the molecule is CC(=O)CCS(=O)Cc1ccc(C(=O)O)o1. The van der Waals surface area contributed by atoms with Crippen LogP contribution in [0.25, 0.3) is 0 Å². The molecule has 5 nitrogen and oxygen atoms in total. The summed E-state index contributed by atoms with van der Waals surface area (Å²) in [6, 6.07) is 2.80. The number of carbonyl (C=O) groups excluding carboxylic acids is 1. The van der Waals surface area contributed by atoms with Crippen LogP contribution in [0.5, 0.6) is 0 Å². The minimum Gasteiger partial charge on any atom is -0.475 e. The van der Waals surface area contributed by atoms with E-state index in [1.807, 2.05) is 0 Å². The van der Waals surface area contributed by atoms with Crippen molar-refractivity contribution in [3.05, 3.63) is 23.7 Å². The summed E-state index contributed by atoms with van der Waals surface area (Å²) in [6.07, 6.45) is 0.263. The van der Waals surface area contributed by atoms with Crippen molar-refractivity contribution in [3.63, 3.8) is 0 Å². The van der Waals surface area contributed by atoms with Gasteiger partial charge in [0.05, 0.1) is 5.75 Å². The molecule has 0 aromatic carbocycles. The second-order valence-electron chi connectivity index (χ2n) is 3.31. The number of furan rings is 1. The smallest absolute Gasteiger partial charge is 0.371 e. The largest absolute Gasteiger partial charge is 0.475 e. The van der Waals surface area contributed by atoms with Gasteiger partial charge in [0.2, 0.25) is 5.76 Å². The van der Waals surface area contributed by atoms with Crippen molar-refractivity contribution < 1.29 is 23.3 Å². The third-order valence-corrected chi connectivity index (χ3v) is 3.12. The second kappa shape index (κ2) is 5.60. The van der Waals surface area contributed by atoms with Crippen LogP contribution in [-0.2, 0) is 21.3 Å². The van der Waals surface area contributed by atoms with Crippen LogP contribution in [0.15, 0.2) is 16.5 Å². The van der Waals surface area contributed by atoms with Crippen LogP contribution in [0.3, 0.4) is 0 Å². The number of ketones is 1. The summed E-state index contributed by atoms with van der Waals surface area (Å²) >= 11 is 0. The Morgan fingerprint density at radius 1 is 1.44 bits per heavy atom. The average Bonchev–Trinajstić information content (AvgIpc) is 2.63. The Labute approximate surface area is 94.9 Å². The summed E-state index contributed by atoms with van der Waals surface area (Å²) in [4.78, 5) is 21.2. The van der Waals surface area contributed by atoms with E-state index in [0.29, 0.717) is 5.76 Å². The minimum absolute atomic E-state index is 0.0148. The molecule has 0 bridgehead atoms. The first-order valence-electron chi connectivity index (χ1n) is 4.65. The molecule has 1 heterocycles. The lowest BCUT2D eigenvalue weighted by Crippen LogP contribution is -2.04. The molecule has 0 aliphatic heterocycles. The van der Waals surface area contributed by atoms with E-state index in [1.54, 1.807) is 0 Å². The molecule has 88 valence electrons. The van der Waals surface area contributed by atoms with Crippen molar-refractivity contribution in [2.45, 2.75) is 19.1 Å². The molecule has 1 aromatic rings. The molecule has 0 amide bonds. The van der Waals surface area contributed by atoms with Gasteiger partial charge in [0, 0.05) is 23.0 Å². The van der Waals surface area contributed by atoms with Crippen molar-refractivity contribution in [3.8, 4) is 0 Å². The van der Waals surface area contributed by atoms with Gasteiger partial charge in [-0.15, -0.1) is 0 Å². The average molecular weight is 244 g/mol. The fourth-order valence-corrected chi connectivity index (χ4v) is 2.19. The first-order chi connectivity index (χ1) is 7.49. The van der Waals surface area contributed by atoms with Crippen molar-refractivity contribution in [2.75, 3.05) is 5.75 Å². The van der Waals surface area contributed by atoms with Gasteiger partial charge in [0.15, 0.2) is 0 Å². The van der Waals surface area contributed by atoms with Crippen molar-refractivity contribution in [1.29, 1.82) is 0 Å². The minimum atomic E-state index is -1.20. The number of hydrogen-bond acceptors (Lipinski definition) is 4. The summed E-state index contributed by atoms with van der Waals surface area (Å²) < 4.78 is 16.4. The van der Waals surface area contributed by atoms with E-state index in [-0.39, 0.29) is 29.5 Å². The predicted molar refractivity (Wildman–Crippen MR) is 57.7 cm³/mol. The second-order valence-corrected chi connectivity index (χ2v) is 4.89. The number of carbonyl (C=O) groups is 2. The monoisotopic (exact) mass is 244 g/mol. The van der Waals surface area contributed by atoms with E-state index in [1.165, 1.54) is 19.1 Å². The van der Waals surface area contributed by atoms with Gasteiger partial charge in [-0.3, -0.25) is 9.00 Å². The van der Waals surface area contributed by atoms with Crippen LogP contribution < -0.4 is 0 Å². The number of Topliss-reactive ketones (excluding diaryl/α,β-unsaturated/α-hetero) is 1. The molecule has 0 radical (unpaired) electrons. The predicted octanol–water partition coefficient (Wildman–Crippen LogP) is 1.21. The summed E-state index contributed by atoms with van der Waals surface area (Å²) in [7, 11) is -1.20. The van der Waals surface area contributed by atoms with Crippen LogP contribution in [-0.4, -0.2) is 26.8 Å². The molecule has 16 heavy (non-hydrogen) atoms. The quantitative estimate of drug-likeness (QED) is 0.812. The van der Waals surface area contributed by atoms with E-state index in [0.717, 1.165) is 0 Å². The lowest BCUT2D eigenvalue weighted by atomic mass is 10.4. The fourth-order valence-electron chi connectivity index (χ4n) is 1.06. The first kappa shape index (κ1) is 12.6. The molecular weight excluding hydrogens is 232 g/mol. The highest BCUT2D eigenvalue weighted by molar-refractivity contribution is 7.84. The van der Waals surface area contributed by atoms with Crippen LogP contribution >= 0.6 is 0 Å².